The van der Waals surface area contributed by atoms with E-state index in [1.807, 2.05) is 25.2 Å². The van der Waals surface area contributed by atoms with Crippen LogP contribution in [0.15, 0.2) is 42.6 Å². The Morgan fingerprint density at radius 2 is 2.05 bits per heavy atom. The van der Waals surface area contributed by atoms with Gasteiger partial charge in [0.05, 0.1) is 6.04 Å². The highest BCUT2D eigenvalue weighted by molar-refractivity contribution is 5.44. The average Bonchev–Trinajstić information content (AvgIpc) is 2.69. The number of hydrogen-bond donors (Lipinski definition) is 1. The fourth-order valence-corrected chi connectivity index (χ4v) is 2.83. The molecule has 2 heterocycles. The lowest BCUT2D eigenvalue weighted by Gasteiger charge is -2.21. The molecule has 0 spiro atoms. The van der Waals surface area contributed by atoms with Crippen molar-refractivity contribution in [2.45, 2.75) is 18.9 Å². The van der Waals surface area contributed by atoms with E-state index in [1.165, 1.54) is 23.1 Å². The van der Waals surface area contributed by atoms with Gasteiger partial charge in [-0.15, -0.1) is 0 Å². The van der Waals surface area contributed by atoms with Crippen LogP contribution in [0, 0.1) is 0 Å². The van der Waals surface area contributed by atoms with E-state index >= 15 is 0 Å². The molecule has 0 radical (unpaired) electrons. The third-order valence-corrected chi connectivity index (χ3v) is 3.90. The maximum Gasteiger partial charge on any atom is 0.128 e. The van der Waals surface area contributed by atoms with E-state index in [2.05, 4.69) is 46.7 Å². The summed E-state index contributed by atoms with van der Waals surface area (Å²) in [6.07, 6.45) is 4.25. The Labute approximate surface area is 120 Å². The number of rotatable bonds is 2. The van der Waals surface area contributed by atoms with E-state index in [0.717, 1.165) is 18.8 Å². The van der Waals surface area contributed by atoms with Gasteiger partial charge in [0, 0.05) is 20.3 Å². The predicted octanol–water partition coefficient (Wildman–Crippen LogP) is 2.77. The molecule has 0 aliphatic carbocycles. The van der Waals surface area contributed by atoms with Gasteiger partial charge >= 0.3 is 0 Å². The molecule has 1 atom stereocenters. The molecule has 0 saturated heterocycles. The first-order valence-corrected chi connectivity index (χ1v) is 7.20. The van der Waals surface area contributed by atoms with Crippen LogP contribution in [-0.4, -0.2) is 25.6 Å². The molecular weight excluding hydrogens is 246 g/mol. The molecule has 1 aromatic heterocycles. The van der Waals surface area contributed by atoms with Crippen LogP contribution in [0.1, 0.15) is 29.2 Å². The summed E-state index contributed by atoms with van der Waals surface area (Å²) in [5.41, 5.74) is 4.16. The van der Waals surface area contributed by atoms with Crippen molar-refractivity contribution in [3.63, 3.8) is 0 Å². The first-order valence-electron chi connectivity index (χ1n) is 7.20. The Morgan fingerprint density at radius 3 is 2.90 bits per heavy atom. The molecule has 3 nitrogen and oxygen atoms in total. The van der Waals surface area contributed by atoms with E-state index in [1.54, 1.807) is 0 Å². The lowest BCUT2D eigenvalue weighted by atomic mass is 9.94. The normalized spacial score (nSPS) is 18.2. The van der Waals surface area contributed by atoms with Crippen molar-refractivity contribution in [3.05, 3.63) is 59.3 Å². The summed E-state index contributed by atoms with van der Waals surface area (Å²) in [7, 11) is 4.06. The lowest BCUT2D eigenvalue weighted by Crippen LogP contribution is -2.22. The van der Waals surface area contributed by atoms with Crippen molar-refractivity contribution in [1.82, 2.24) is 10.3 Å². The number of aromatic nitrogens is 1. The van der Waals surface area contributed by atoms with Crippen LogP contribution in [0.4, 0.5) is 5.82 Å². The minimum Gasteiger partial charge on any atom is -0.363 e. The summed E-state index contributed by atoms with van der Waals surface area (Å²) in [5, 5.41) is 3.67. The number of pyridine rings is 1. The summed E-state index contributed by atoms with van der Waals surface area (Å²) in [4.78, 5) is 6.46. The SMILES string of the molecule is CN(C)c1cc(C2NCCCc3ccccc32)ccn1. The second kappa shape index (κ2) is 5.63. The minimum absolute atomic E-state index is 0.274. The Kier molecular flexibility index (Phi) is 3.70. The third kappa shape index (κ3) is 2.54. The molecule has 1 N–H and O–H groups in total. The fraction of sp³-hybridized carbons (Fsp3) is 0.353. The Morgan fingerprint density at radius 1 is 1.20 bits per heavy atom. The standard InChI is InChI=1S/C17H21N3/c1-20(2)16-12-14(9-11-18-16)17-15-8-4-3-6-13(15)7-5-10-19-17/h3-4,6,8-9,11-12,17,19H,5,7,10H2,1-2H3. The third-order valence-electron chi connectivity index (χ3n) is 3.90. The molecule has 2 aromatic rings. The van der Waals surface area contributed by atoms with E-state index in [4.69, 9.17) is 0 Å². The molecule has 1 aliphatic rings. The number of benzene rings is 1. The van der Waals surface area contributed by atoms with Gasteiger partial charge in [-0.05, 0) is 48.2 Å². The van der Waals surface area contributed by atoms with Crippen LogP contribution in [0.25, 0.3) is 0 Å². The molecule has 0 bridgehead atoms. The van der Waals surface area contributed by atoms with Crippen molar-refractivity contribution < 1.29 is 0 Å². The molecule has 104 valence electrons. The maximum atomic E-state index is 4.41. The Bertz CT molecular complexity index is 592. The first-order chi connectivity index (χ1) is 9.75. The van der Waals surface area contributed by atoms with Gasteiger partial charge in [0.25, 0.3) is 0 Å². The predicted molar refractivity (Wildman–Crippen MR) is 83.2 cm³/mol. The highest BCUT2D eigenvalue weighted by Crippen LogP contribution is 2.29. The smallest absolute Gasteiger partial charge is 0.128 e. The number of nitrogens with one attached hydrogen (secondary N) is 1. The topological polar surface area (TPSA) is 28.2 Å². The van der Waals surface area contributed by atoms with Crippen LogP contribution >= 0.6 is 0 Å². The van der Waals surface area contributed by atoms with Crippen molar-refractivity contribution in [2.24, 2.45) is 0 Å². The van der Waals surface area contributed by atoms with Crippen LogP contribution < -0.4 is 10.2 Å². The molecule has 0 amide bonds. The molecule has 0 saturated carbocycles. The molecule has 0 fully saturated rings. The average molecular weight is 267 g/mol. The van der Waals surface area contributed by atoms with E-state index in [0.29, 0.717) is 0 Å². The van der Waals surface area contributed by atoms with E-state index in [9.17, 15) is 0 Å². The highest BCUT2D eigenvalue weighted by atomic mass is 15.1. The van der Waals surface area contributed by atoms with Gasteiger partial charge in [-0.2, -0.15) is 0 Å². The molecule has 3 heteroatoms. The monoisotopic (exact) mass is 267 g/mol. The van der Waals surface area contributed by atoms with Crippen molar-refractivity contribution in [1.29, 1.82) is 0 Å². The van der Waals surface area contributed by atoms with Gasteiger partial charge in [0.1, 0.15) is 5.82 Å². The summed E-state index contributed by atoms with van der Waals surface area (Å²) in [5.74, 6) is 1.01. The van der Waals surface area contributed by atoms with Crippen LogP contribution in [0.3, 0.4) is 0 Å². The number of aryl methyl sites for hydroxylation is 1. The number of fused-ring (bicyclic) bond motifs is 1. The zero-order chi connectivity index (χ0) is 13.9. The van der Waals surface area contributed by atoms with E-state index in [-0.39, 0.29) is 6.04 Å². The summed E-state index contributed by atoms with van der Waals surface area (Å²) >= 11 is 0. The Balaban J connectivity index is 2.03. The molecule has 1 aromatic carbocycles. The number of nitrogens with zero attached hydrogens (tertiary/aromatic N) is 2. The van der Waals surface area contributed by atoms with Crippen LogP contribution in [0.5, 0.6) is 0 Å². The summed E-state index contributed by atoms with van der Waals surface area (Å²) < 4.78 is 0. The van der Waals surface area contributed by atoms with Crippen LogP contribution in [-0.2, 0) is 6.42 Å². The molecular formula is C17H21N3. The van der Waals surface area contributed by atoms with Crippen LogP contribution in [0.2, 0.25) is 0 Å². The summed E-state index contributed by atoms with van der Waals surface area (Å²) in [6, 6.07) is 13.3. The van der Waals surface area contributed by atoms with Crippen molar-refractivity contribution in [3.8, 4) is 0 Å². The summed E-state index contributed by atoms with van der Waals surface area (Å²) in [6.45, 7) is 1.05. The van der Waals surface area contributed by atoms with Gasteiger partial charge in [-0.25, -0.2) is 4.98 Å². The quantitative estimate of drug-likeness (QED) is 0.907. The number of anilines is 1. The zero-order valence-electron chi connectivity index (χ0n) is 12.1. The molecule has 1 unspecified atom stereocenters. The lowest BCUT2D eigenvalue weighted by molar-refractivity contribution is 0.609. The second-order valence-corrected chi connectivity index (χ2v) is 5.53. The molecule has 1 aliphatic heterocycles. The van der Waals surface area contributed by atoms with Gasteiger partial charge in [0.15, 0.2) is 0 Å². The Hall–Kier alpha value is -1.87. The molecule has 3 rings (SSSR count). The largest absolute Gasteiger partial charge is 0.363 e. The van der Waals surface area contributed by atoms with Crippen molar-refractivity contribution >= 4 is 5.82 Å². The van der Waals surface area contributed by atoms with E-state index < -0.39 is 0 Å². The second-order valence-electron chi connectivity index (χ2n) is 5.53. The molecule has 20 heavy (non-hydrogen) atoms. The zero-order valence-corrected chi connectivity index (χ0v) is 12.1. The maximum absolute atomic E-state index is 4.41. The first kappa shape index (κ1) is 13.1. The van der Waals surface area contributed by atoms with Gasteiger partial charge in [-0.1, -0.05) is 24.3 Å². The minimum atomic E-state index is 0.274. The van der Waals surface area contributed by atoms with Gasteiger partial charge in [0.2, 0.25) is 0 Å². The number of hydrogen-bond acceptors (Lipinski definition) is 3. The fourth-order valence-electron chi connectivity index (χ4n) is 2.83. The van der Waals surface area contributed by atoms with Gasteiger partial charge < -0.3 is 10.2 Å². The highest BCUT2D eigenvalue weighted by Gasteiger charge is 2.19. The van der Waals surface area contributed by atoms with Gasteiger partial charge in [-0.3, -0.25) is 0 Å². The van der Waals surface area contributed by atoms with Crippen molar-refractivity contribution in [2.75, 3.05) is 25.5 Å².